The molecule has 0 spiro atoms. The molecule has 2 aromatic carbocycles. The van der Waals surface area contributed by atoms with Crippen LogP contribution in [0.2, 0.25) is 0 Å². The molecule has 5 nitrogen and oxygen atoms in total. The number of amides is 3. The summed E-state index contributed by atoms with van der Waals surface area (Å²) in [5.74, 6) is -5.47. The minimum Gasteiger partial charge on any atom is -0.364 e. The van der Waals surface area contributed by atoms with Crippen molar-refractivity contribution in [3.63, 3.8) is 0 Å². The summed E-state index contributed by atoms with van der Waals surface area (Å²) in [6.45, 7) is -0.814. The van der Waals surface area contributed by atoms with Gasteiger partial charge in [0.15, 0.2) is 0 Å². The number of carbonyl (C=O) groups is 2. The predicted molar refractivity (Wildman–Crippen MR) is 96.7 cm³/mol. The van der Waals surface area contributed by atoms with E-state index in [9.17, 15) is 44.7 Å². The van der Waals surface area contributed by atoms with Crippen molar-refractivity contribution in [3.8, 4) is 0 Å². The Kier molecular flexibility index (Phi) is 7.72. The number of ether oxygens (including phenoxy) is 1. The minimum atomic E-state index is -5.88. The Morgan fingerprint density at radius 2 is 1.59 bits per heavy atom. The molecule has 174 valence electrons. The van der Waals surface area contributed by atoms with E-state index in [4.69, 9.17) is 0 Å². The van der Waals surface area contributed by atoms with Crippen molar-refractivity contribution in [2.45, 2.75) is 16.3 Å². The lowest BCUT2D eigenvalue weighted by Gasteiger charge is -2.21. The molecule has 2 rings (SSSR count). The number of hydrogen-bond donors (Lipinski definition) is 1. The van der Waals surface area contributed by atoms with Crippen molar-refractivity contribution < 1.29 is 49.4 Å². The summed E-state index contributed by atoms with van der Waals surface area (Å²) >= 11 is -0.965. The summed E-state index contributed by atoms with van der Waals surface area (Å²) in [7, 11) is 1.04. The number of alkyl halides is 5. The van der Waals surface area contributed by atoms with E-state index in [0.29, 0.717) is 18.2 Å². The van der Waals surface area contributed by atoms with Gasteiger partial charge in [0, 0.05) is 12.0 Å². The third kappa shape index (κ3) is 5.68. The molecular weight excluding hydrogens is 476 g/mol. The first-order chi connectivity index (χ1) is 14.8. The summed E-state index contributed by atoms with van der Waals surface area (Å²) in [6.07, 6.45) is -5.88. The van der Waals surface area contributed by atoms with Gasteiger partial charge in [-0.05, 0) is 42.1 Å². The number of urea groups is 1. The molecule has 0 unspecified atom stereocenters. The Bertz CT molecular complexity index is 996. The molecule has 0 heterocycles. The van der Waals surface area contributed by atoms with Crippen LogP contribution in [0, 0.1) is 17.5 Å². The highest BCUT2D eigenvalue weighted by Gasteiger charge is 2.58. The molecule has 0 aliphatic carbocycles. The second-order valence-corrected chi connectivity index (χ2v) is 7.12. The van der Waals surface area contributed by atoms with Crippen molar-refractivity contribution in [1.29, 1.82) is 0 Å². The first-order valence-electron chi connectivity index (χ1n) is 8.27. The number of thioether (sulfide) groups is 1. The summed E-state index contributed by atoms with van der Waals surface area (Å²) in [5, 5.41) is -3.35. The Morgan fingerprint density at radius 1 is 1.00 bits per heavy atom. The van der Waals surface area contributed by atoms with Gasteiger partial charge in [-0.1, -0.05) is 6.07 Å². The second-order valence-electron chi connectivity index (χ2n) is 5.94. The average molecular weight is 488 g/mol. The zero-order valence-corrected chi connectivity index (χ0v) is 16.6. The van der Waals surface area contributed by atoms with Crippen LogP contribution in [0.25, 0.3) is 0 Å². The number of hydrogen-bond acceptors (Lipinski definition) is 4. The zero-order valence-electron chi connectivity index (χ0n) is 15.8. The van der Waals surface area contributed by atoms with Crippen molar-refractivity contribution in [2.24, 2.45) is 0 Å². The summed E-state index contributed by atoms with van der Waals surface area (Å²) < 4.78 is 110. The Labute approximate surface area is 179 Å². The summed E-state index contributed by atoms with van der Waals surface area (Å²) in [4.78, 5) is 24.2. The fourth-order valence-corrected chi connectivity index (χ4v) is 2.94. The van der Waals surface area contributed by atoms with Gasteiger partial charge < -0.3 is 10.1 Å². The van der Waals surface area contributed by atoms with E-state index in [0.717, 1.165) is 25.3 Å². The van der Waals surface area contributed by atoms with E-state index in [-0.39, 0.29) is 4.90 Å². The van der Waals surface area contributed by atoms with Crippen LogP contribution in [-0.2, 0) is 4.74 Å². The van der Waals surface area contributed by atoms with Gasteiger partial charge in [0.25, 0.3) is 5.91 Å². The molecule has 2 aromatic rings. The van der Waals surface area contributed by atoms with Gasteiger partial charge in [0.05, 0.1) is 5.69 Å². The first kappa shape index (κ1) is 25.4. The lowest BCUT2D eigenvalue weighted by molar-refractivity contribution is -0.237. The first-order valence-corrected chi connectivity index (χ1v) is 9.09. The molecule has 0 fully saturated rings. The lowest BCUT2D eigenvalue weighted by atomic mass is 10.1. The molecule has 0 saturated carbocycles. The topological polar surface area (TPSA) is 58.6 Å². The van der Waals surface area contributed by atoms with Gasteiger partial charge in [-0.3, -0.25) is 4.79 Å². The maximum Gasteiger partial charge on any atom is 0.464 e. The van der Waals surface area contributed by atoms with Crippen LogP contribution in [-0.4, -0.2) is 42.1 Å². The normalized spacial score (nSPS) is 11.9. The number of anilines is 1. The second kappa shape index (κ2) is 9.73. The molecular formula is C18H12F8N2O3S. The standard InChI is InChI=1S/C18H12F8N2O3S/c1-31-8-28(15(29)14-10(19)3-2-4-11(14)20)16(30)27-13-6-5-9(7-12(13)21)32-18(25,26)17(22,23)24/h2-7H,8H2,1H3,(H,27,30). The minimum absolute atomic E-state index is 0.182. The number of rotatable bonds is 6. The summed E-state index contributed by atoms with van der Waals surface area (Å²) in [6, 6.07) is 2.71. The van der Waals surface area contributed by atoms with Gasteiger partial charge in [0.2, 0.25) is 0 Å². The van der Waals surface area contributed by atoms with E-state index in [1.54, 1.807) is 0 Å². The number of carbonyl (C=O) groups excluding carboxylic acids is 2. The van der Waals surface area contributed by atoms with Gasteiger partial charge >= 0.3 is 17.5 Å². The van der Waals surface area contributed by atoms with Crippen LogP contribution in [0.1, 0.15) is 10.4 Å². The Morgan fingerprint density at radius 3 is 2.09 bits per heavy atom. The lowest BCUT2D eigenvalue weighted by Crippen LogP contribution is -2.42. The fraction of sp³-hybridized carbons (Fsp3) is 0.222. The number of nitrogens with zero attached hydrogens (tertiary/aromatic N) is 1. The van der Waals surface area contributed by atoms with Crippen molar-refractivity contribution in [2.75, 3.05) is 19.2 Å². The molecule has 0 aliphatic rings. The number of imide groups is 1. The van der Waals surface area contributed by atoms with Crippen LogP contribution in [0.15, 0.2) is 41.3 Å². The van der Waals surface area contributed by atoms with Crippen molar-refractivity contribution >= 4 is 29.4 Å². The number of benzene rings is 2. The van der Waals surface area contributed by atoms with Crippen LogP contribution < -0.4 is 5.32 Å². The fourth-order valence-electron chi connectivity index (χ4n) is 2.22. The quantitative estimate of drug-likeness (QED) is 0.326. The third-order valence-corrected chi connectivity index (χ3v) is 4.66. The van der Waals surface area contributed by atoms with Gasteiger partial charge in [0.1, 0.15) is 29.7 Å². The van der Waals surface area contributed by atoms with Gasteiger partial charge in [-0.25, -0.2) is 22.9 Å². The zero-order chi connectivity index (χ0) is 24.3. The number of methoxy groups -OCH3 is 1. The monoisotopic (exact) mass is 488 g/mol. The molecule has 0 radical (unpaired) electrons. The molecule has 3 amide bonds. The van der Waals surface area contributed by atoms with Crippen LogP contribution >= 0.6 is 11.8 Å². The largest absolute Gasteiger partial charge is 0.464 e. The molecule has 0 atom stereocenters. The Hall–Kier alpha value is -2.87. The van der Waals surface area contributed by atoms with E-state index >= 15 is 0 Å². The molecule has 32 heavy (non-hydrogen) atoms. The molecule has 0 aliphatic heterocycles. The molecule has 1 N–H and O–H groups in total. The predicted octanol–water partition coefficient (Wildman–Crippen LogP) is 5.63. The van der Waals surface area contributed by atoms with E-state index in [2.05, 4.69) is 4.74 Å². The van der Waals surface area contributed by atoms with Crippen molar-refractivity contribution in [1.82, 2.24) is 4.90 Å². The van der Waals surface area contributed by atoms with Crippen LogP contribution in [0.5, 0.6) is 0 Å². The summed E-state index contributed by atoms with van der Waals surface area (Å²) in [5.41, 5.74) is -1.81. The SMILES string of the molecule is COCN(C(=O)Nc1ccc(SC(F)(F)C(F)(F)F)cc1F)C(=O)c1c(F)cccc1F. The average Bonchev–Trinajstić information content (AvgIpc) is 2.66. The maximum atomic E-state index is 14.2. The molecule has 0 bridgehead atoms. The Balaban J connectivity index is 2.25. The van der Waals surface area contributed by atoms with Gasteiger partial charge in [-0.15, -0.1) is 0 Å². The van der Waals surface area contributed by atoms with E-state index in [1.807, 2.05) is 5.32 Å². The highest BCUT2D eigenvalue weighted by Crippen LogP contribution is 2.47. The molecule has 0 saturated heterocycles. The molecule has 0 aromatic heterocycles. The highest BCUT2D eigenvalue weighted by atomic mass is 32.2. The van der Waals surface area contributed by atoms with Gasteiger partial charge in [-0.2, -0.15) is 22.0 Å². The maximum absolute atomic E-state index is 14.2. The number of nitrogens with one attached hydrogen (secondary N) is 1. The van der Waals surface area contributed by atoms with Crippen LogP contribution in [0.3, 0.4) is 0 Å². The van der Waals surface area contributed by atoms with Crippen LogP contribution in [0.4, 0.5) is 45.6 Å². The smallest absolute Gasteiger partial charge is 0.364 e. The number of halogens is 8. The third-order valence-electron chi connectivity index (χ3n) is 3.68. The highest BCUT2D eigenvalue weighted by molar-refractivity contribution is 8.00. The van der Waals surface area contributed by atoms with E-state index < -0.39 is 75.5 Å². The van der Waals surface area contributed by atoms with Crippen molar-refractivity contribution in [3.05, 3.63) is 59.4 Å². The van der Waals surface area contributed by atoms with E-state index in [1.165, 1.54) is 0 Å². The molecule has 14 heteroatoms.